The smallest absolute Gasteiger partial charge is 0.143 e. The summed E-state index contributed by atoms with van der Waals surface area (Å²) >= 11 is 7.08. The summed E-state index contributed by atoms with van der Waals surface area (Å²) in [5.41, 5.74) is 1.31. The number of rotatable bonds is 3. The van der Waals surface area contributed by atoms with Crippen molar-refractivity contribution in [3.05, 3.63) is 50.9 Å². The number of halogens is 2. The van der Waals surface area contributed by atoms with Crippen LogP contribution in [0.25, 0.3) is 0 Å². The van der Waals surface area contributed by atoms with E-state index in [4.69, 9.17) is 16.9 Å². The molecule has 1 heterocycles. The predicted molar refractivity (Wildman–Crippen MR) is 67.8 cm³/mol. The van der Waals surface area contributed by atoms with Gasteiger partial charge in [0.15, 0.2) is 0 Å². The molecule has 2 aromatic rings. The van der Waals surface area contributed by atoms with Crippen molar-refractivity contribution in [3.8, 4) is 6.07 Å². The van der Waals surface area contributed by atoms with E-state index in [1.54, 1.807) is 11.4 Å². The highest BCUT2D eigenvalue weighted by atomic mass is 35.5. The molecule has 0 aliphatic heterocycles. The standard InChI is InChI=1S/C12H8ClFN2S/c13-11-2-1-9(4-12(11)14)16-6-10-3-8(5-15)7-17-10/h1-4,7,16H,6H2. The van der Waals surface area contributed by atoms with E-state index in [2.05, 4.69) is 11.4 Å². The molecule has 2 rings (SSSR count). The van der Waals surface area contributed by atoms with Gasteiger partial charge in [-0.3, -0.25) is 0 Å². The lowest BCUT2D eigenvalue weighted by Crippen LogP contribution is -1.97. The Morgan fingerprint density at radius 1 is 1.41 bits per heavy atom. The van der Waals surface area contributed by atoms with Crippen LogP contribution in [0.5, 0.6) is 0 Å². The maximum Gasteiger partial charge on any atom is 0.143 e. The van der Waals surface area contributed by atoms with Gasteiger partial charge in [0.2, 0.25) is 0 Å². The summed E-state index contributed by atoms with van der Waals surface area (Å²) in [4.78, 5) is 1.02. The molecule has 5 heteroatoms. The van der Waals surface area contributed by atoms with Gasteiger partial charge in [0.25, 0.3) is 0 Å². The number of benzene rings is 1. The van der Waals surface area contributed by atoms with Gasteiger partial charge in [-0.05, 0) is 24.3 Å². The molecule has 1 N–H and O–H groups in total. The first-order valence-electron chi connectivity index (χ1n) is 4.85. The second-order valence-electron chi connectivity index (χ2n) is 3.40. The summed E-state index contributed by atoms with van der Waals surface area (Å²) in [7, 11) is 0. The predicted octanol–water partition coefficient (Wildman–Crippen LogP) is 4.02. The zero-order valence-electron chi connectivity index (χ0n) is 8.71. The summed E-state index contributed by atoms with van der Waals surface area (Å²) in [6.07, 6.45) is 0. The summed E-state index contributed by atoms with van der Waals surface area (Å²) in [5, 5.41) is 13.6. The van der Waals surface area contributed by atoms with Crippen molar-refractivity contribution in [3.63, 3.8) is 0 Å². The van der Waals surface area contributed by atoms with Gasteiger partial charge in [0, 0.05) is 22.5 Å². The molecule has 0 saturated heterocycles. The first-order valence-corrected chi connectivity index (χ1v) is 6.11. The average Bonchev–Trinajstić information content (AvgIpc) is 2.79. The van der Waals surface area contributed by atoms with Crippen LogP contribution in [0.1, 0.15) is 10.4 Å². The van der Waals surface area contributed by atoms with Crippen molar-refractivity contribution >= 4 is 28.6 Å². The molecule has 1 aromatic carbocycles. The van der Waals surface area contributed by atoms with Crippen molar-refractivity contribution in [2.45, 2.75) is 6.54 Å². The molecule has 17 heavy (non-hydrogen) atoms. The Kier molecular flexibility index (Phi) is 3.62. The minimum Gasteiger partial charge on any atom is -0.380 e. The maximum atomic E-state index is 13.2. The molecule has 0 radical (unpaired) electrons. The molecule has 0 fully saturated rings. The fraction of sp³-hybridized carbons (Fsp3) is 0.0833. The molecule has 0 aliphatic carbocycles. The highest BCUT2D eigenvalue weighted by molar-refractivity contribution is 7.10. The third kappa shape index (κ3) is 2.96. The van der Waals surface area contributed by atoms with E-state index in [9.17, 15) is 4.39 Å². The Balaban J connectivity index is 2.02. The van der Waals surface area contributed by atoms with E-state index >= 15 is 0 Å². The Bertz CT molecular complexity index is 574. The van der Waals surface area contributed by atoms with Gasteiger partial charge >= 0.3 is 0 Å². The molecule has 0 saturated carbocycles. The second-order valence-corrected chi connectivity index (χ2v) is 4.80. The Morgan fingerprint density at radius 2 is 2.24 bits per heavy atom. The first-order chi connectivity index (χ1) is 8.19. The van der Waals surface area contributed by atoms with E-state index in [1.165, 1.54) is 23.5 Å². The van der Waals surface area contributed by atoms with E-state index in [0.717, 1.165) is 4.88 Å². The third-order valence-corrected chi connectivity index (χ3v) is 3.41. The van der Waals surface area contributed by atoms with E-state index in [1.807, 2.05) is 6.07 Å². The number of nitriles is 1. The Morgan fingerprint density at radius 3 is 2.88 bits per heavy atom. The highest BCUT2D eigenvalue weighted by Crippen LogP contribution is 2.20. The van der Waals surface area contributed by atoms with Crippen LogP contribution in [0.3, 0.4) is 0 Å². The zero-order valence-corrected chi connectivity index (χ0v) is 10.3. The van der Waals surface area contributed by atoms with Crippen LogP contribution in [0, 0.1) is 17.1 Å². The minimum atomic E-state index is -0.444. The fourth-order valence-electron chi connectivity index (χ4n) is 1.33. The van der Waals surface area contributed by atoms with E-state index in [0.29, 0.717) is 17.8 Å². The molecular weight excluding hydrogens is 259 g/mol. The zero-order chi connectivity index (χ0) is 12.3. The van der Waals surface area contributed by atoms with Gasteiger partial charge in [-0.1, -0.05) is 11.6 Å². The summed E-state index contributed by atoms with van der Waals surface area (Å²) in [5.74, 6) is -0.444. The van der Waals surface area contributed by atoms with Crippen LogP contribution < -0.4 is 5.32 Å². The van der Waals surface area contributed by atoms with Crippen molar-refractivity contribution in [2.75, 3.05) is 5.32 Å². The molecule has 0 bridgehead atoms. The van der Waals surface area contributed by atoms with Gasteiger partial charge < -0.3 is 5.32 Å². The van der Waals surface area contributed by atoms with Crippen molar-refractivity contribution < 1.29 is 4.39 Å². The average molecular weight is 267 g/mol. The summed E-state index contributed by atoms with van der Waals surface area (Å²) in [6.45, 7) is 0.563. The molecule has 2 nitrogen and oxygen atoms in total. The molecule has 0 aliphatic rings. The van der Waals surface area contributed by atoms with Crippen LogP contribution in [0.2, 0.25) is 5.02 Å². The van der Waals surface area contributed by atoms with Crippen LogP contribution >= 0.6 is 22.9 Å². The van der Waals surface area contributed by atoms with Crippen LogP contribution in [-0.4, -0.2) is 0 Å². The van der Waals surface area contributed by atoms with Gasteiger partial charge in [-0.15, -0.1) is 11.3 Å². The number of anilines is 1. The lowest BCUT2D eigenvalue weighted by molar-refractivity contribution is 0.628. The number of hydrogen-bond donors (Lipinski definition) is 1. The molecule has 0 unspecified atom stereocenters. The highest BCUT2D eigenvalue weighted by Gasteiger charge is 2.02. The lowest BCUT2D eigenvalue weighted by Gasteiger charge is -2.05. The molecule has 0 atom stereocenters. The van der Waals surface area contributed by atoms with Gasteiger partial charge in [-0.25, -0.2) is 4.39 Å². The first kappa shape index (κ1) is 11.9. The summed E-state index contributed by atoms with van der Waals surface area (Å²) < 4.78 is 13.2. The van der Waals surface area contributed by atoms with Crippen molar-refractivity contribution in [1.29, 1.82) is 5.26 Å². The number of thiophene rings is 1. The number of nitrogens with one attached hydrogen (secondary N) is 1. The largest absolute Gasteiger partial charge is 0.380 e. The molecule has 0 amide bonds. The van der Waals surface area contributed by atoms with Crippen LogP contribution in [-0.2, 0) is 6.54 Å². The molecule has 1 aromatic heterocycles. The van der Waals surface area contributed by atoms with E-state index in [-0.39, 0.29) is 5.02 Å². The van der Waals surface area contributed by atoms with E-state index < -0.39 is 5.82 Å². The number of hydrogen-bond acceptors (Lipinski definition) is 3. The van der Waals surface area contributed by atoms with Crippen molar-refractivity contribution in [1.82, 2.24) is 0 Å². The Labute approximate surface area is 107 Å². The third-order valence-electron chi connectivity index (χ3n) is 2.17. The van der Waals surface area contributed by atoms with Crippen molar-refractivity contribution in [2.24, 2.45) is 0 Å². The SMILES string of the molecule is N#Cc1csc(CNc2ccc(Cl)c(F)c2)c1. The van der Waals surface area contributed by atoms with Crippen LogP contribution in [0.4, 0.5) is 10.1 Å². The number of nitrogens with zero attached hydrogens (tertiary/aromatic N) is 1. The molecule has 86 valence electrons. The molecular formula is C12H8ClFN2S. The lowest BCUT2D eigenvalue weighted by atomic mass is 10.3. The Hall–Kier alpha value is -1.57. The maximum absolute atomic E-state index is 13.2. The fourth-order valence-corrected chi connectivity index (χ4v) is 2.19. The van der Waals surface area contributed by atoms with Crippen LogP contribution in [0.15, 0.2) is 29.6 Å². The topological polar surface area (TPSA) is 35.8 Å². The summed E-state index contributed by atoms with van der Waals surface area (Å²) in [6, 6.07) is 8.45. The quantitative estimate of drug-likeness (QED) is 0.911. The van der Waals surface area contributed by atoms with Gasteiger partial charge in [0.1, 0.15) is 11.9 Å². The molecule has 0 spiro atoms. The minimum absolute atomic E-state index is 0.110. The van der Waals surface area contributed by atoms with Gasteiger partial charge in [0.05, 0.1) is 10.6 Å². The normalized spacial score (nSPS) is 9.94. The second kappa shape index (κ2) is 5.17. The monoisotopic (exact) mass is 266 g/mol. The van der Waals surface area contributed by atoms with Gasteiger partial charge in [-0.2, -0.15) is 5.26 Å².